The molecule has 0 saturated heterocycles. The molecule has 0 aliphatic heterocycles. The molecule has 0 aromatic heterocycles. The maximum atomic E-state index is 11.8. The third-order valence-corrected chi connectivity index (χ3v) is 3.67. The molecule has 0 heterocycles. The Bertz CT molecular complexity index is 629. The molecule has 122 valence electrons. The summed E-state index contributed by atoms with van der Waals surface area (Å²) in [5, 5.41) is 6.71. The van der Waals surface area contributed by atoms with Gasteiger partial charge in [0, 0.05) is 11.6 Å². The summed E-state index contributed by atoms with van der Waals surface area (Å²) in [5.41, 5.74) is 2.21. The molecule has 0 spiro atoms. The van der Waals surface area contributed by atoms with Crippen LogP contribution in [0, 0.1) is 0 Å². The zero-order valence-electron chi connectivity index (χ0n) is 13.1. The first kappa shape index (κ1) is 17.3. The van der Waals surface area contributed by atoms with Crippen LogP contribution in [0.5, 0.6) is 5.75 Å². The van der Waals surface area contributed by atoms with Gasteiger partial charge in [0.15, 0.2) is 0 Å². The molecule has 2 aromatic rings. The highest BCUT2D eigenvalue weighted by atomic mass is 35.5. The lowest BCUT2D eigenvalue weighted by atomic mass is 10.1. The van der Waals surface area contributed by atoms with Crippen LogP contribution in [-0.2, 0) is 17.8 Å². The number of ether oxygens (including phenoxy) is 1. The van der Waals surface area contributed by atoms with Gasteiger partial charge in [-0.15, -0.1) is 0 Å². The van der Waals surface area contributed by atoms with Gasteiger partial charge in [0.25, 0.3) is 0 Å². The van der Waals surface area contributed by atoms with Gasteiger partial charge in [-0.2, -0.15) is 0 Å². The molecule has 0 aliphatic carbocycles. The van der Waals surface area contributed by atoms with Crippen molar-refractivity contribution < 1.29 is 9.53 Å². The smallest absolute Gasteiger partial charge is 0.234 e. The first-order valence-electron chi connectivity index (χ1n) is 7.52. The summed E-state index contributed by atoms with van der Waals surface area (Å²) in [7, 11) is 1.66. The normalized spacial score (nSPS) is 10.3. The Morgan fingerprint density at radius 3 is 2.65 bits per heavy atom. The molecule has 2 N–H and O–H groups in total. The highest BCUT2D eigenvalue weighted by molar-refractivity contribution is 6.30. The fraction of sp³-hybridized carbons (Fsp3) is 0.278. The lowest BCUT2D eigenvalue weighted by molar-refractivity contribution is -0.120. The van der Waals surface area contributed by atoms with E-state index in [-0.39, 0.29) is 5.91 Å². The van der Waals surface area contributed by atoms with Crippen LogP contribution in [0.15, 0.2) is 48.5 Å². The fourth-order valence-corrected chi connectivity index (χ4v) is 2.25. The summed E-state index contributed by atoms with van der Waals surface area (Å²) in [6.07, 6.45) is 0.849. The Hall–Kier alpha value is -2.04. The van der Waals surface area contributed by atoms with Crippen LogP contribution in [0.3, 0.4) is 0 Å². The Morgan fingerprint density at radius 2 is 1.91 bits per heavy atom. The van der Waals surface area contributed by atoms with Crippen molar-refractivity contribution in [1.82, 2.24) is 10.6 Å². The molecule has 0 fully saturated rings. The molecule has 2 rings (SSSR count). The molecule has 0 unspecified atom stereocenters. The summed E-state index contributed by atoms with van der Waals surface area (Å²) >= 11 is 5.82. The highest BCUT2D eigenvalue weighted by Crippen LogP contribution is 2.12. The van der Waals surface area contributed by atoms with Crippen molar-refractivity contribution in [2.45, 2.75) is 13.0 Å². The van der Waals surface area contributed by atoms with Gasteiger partial charge in [0.2, 0.25) is 5.91 Å². The summed E-state index contributed by atoms with van der Waals surface area (Å²) in [4.78, 5) is 11.8. The van der Waals surface area contributed by atoms with E-state index in [1.807, 2.05) is 48.5 Å². The number of halogens is 1. The molecule has 2 aromatic carbocycles. The minimum Gasteiger partial charge on any atom is -0.497 e. The van der Waals surface area contributed by atoms with Crippen molar-refractivity contribution in [3.8, 4) is 5.75 Å². The molecule has 4 nitrogen and oxygen atoms in total. The zero-order chi connectivity index (χ0) is 16.5. The summed E-state index contributed by atoms with van der Waals surface area (Å²) in [6, 6.07) is 15.4. The monoisotopic (exact) mass is 332 g/mol. The quantitative estimate of drug-likeness (QED) is 0.731. The summed E-state index contributed by atoms with van der Waals surface area (Å²) < 4.78 is 5.19. The second-order valence-corrected chi connectivity index (χ2v) is 5.62. The number of methoxy groups -OCH3 is 1. The van der Waals surface area contributed by atoms with Crippen molar-refractivity contribution in [3.63, 3.8) is 0 Å². The van der Waals surface area contributed by atoms with Gasteiger partial charge >= 0.3 is 0 Å². The summed E-state index contributed by atoms with van der Waals surface area (Å²) in [6.45, 7) is 1.55. The highest BCUT2D eigenvalue weighted by Gasteiger charge is 2.01. The predicted molar refractivity (Wildman–Crippen MR) is 92.9 cm³/mol. The van der Waals surface area contributed by atoms with Gasteiger partial charge in [-0.3, -0.25) is 4.79 Å². The number of carbonyl (C=O) groups is 1. The van der Waals surface area contributed by atoms with Gasteiger partial charge in [0.05, 0.1) is 13.7 Å². The van der Waals surface area contributed by atoms with E-state index in [0.29, 0.717) is 18.1 Å². The second kappa shape index (κ2) is 9.18. The lowest BCUT2D eigenvalue weighted by Gasteiger charge is -2.08. The number of nitrogens with one attached hydrogen (secondary N) is 2. The van der Waals surface area contributed by atoms with Gasteiger partial charge in [0.1, 0.15) is 5.75 Å². The molecule has 0 atom stereocenters. The van der Waals surface area contributed by atoms with Crippen LogP contribution < -0.4 is 15.4 Å². The number of benzene rings is 2. The molecule has 23 heavy (non-hydrogen) atoms. The Kier molecular flexibility index (Phi) is 6.91. The van der Waals surface area contributed by atoms with E-state index in [2.05, 4.69) is 10.6 Å². The molecular formula is C18H21ClN2O2. The van der Waals surface area contributed by atoms with Gasteiger partial charge in [-0.05, 0) is 48.4 Å². The van der Waals surface area contributed by atoms with Crippen molar-refractivity contribution in [2.75, 3.05) is 20.2 Å². The molecular weight excluding hydrogens is 312 g/mol. The third-order valence-electron chi connectivity index (χ3n) is 3.41. The SMILES string of the molecule is COc1cccc(CCNCC(=O)NCc2ccc(Cl)cc2)c1. The number of hydrogen-bond acceptors (Lipinski definition) is 3. The van der Waals surface area contributed by atoms with E-state index in [0.717, 1.165) is 24.3 Å². The standard InChI is InChI=1S/C18H21ClN2O2/c1-23-17-4-2-3-14(11-17)9-10-20-13-18(22)21-12-15-5-7-16(19)8-6-15/h2-8,11,20H,9-10,12-13H2,1H3,(H,21,22). The molecule has 0 radical (unpaired) electrons. The van der Waals surface area contributed by atoms with Gasteiger partial charge < -0.3 is 15.4 Å². The van der Waals surface area contributed by atoms with Crippen LogP contribution >= 0.6 is 11.6 Å². The van der Waals surface area contributed by atoms with Crippen LogP contribution in [0.1, 0.15) is 11.1 Å². The van der Waals surface area contributed by atoms with E-state index < -0.39 is 0 Å². The van der Waals surface area contributed by atoms with E-state index in [1.165, 1.54) is 5.56 Å². The third kappa shape index (κ3) is 6.30. The number of rotatable bonds is 8. The Balaban J connectivity index is 1.63. The maximum Gasteiger partial charge on any atom is 0.234 e. The molecule has 0 saturated carbocycles. The van der Waals surface area contributed by atoms with Crippen molar-refractivity contribution in [3.05, 3.63) is 64.7 Å². The minimum absolute atomic E-state index is 0.0226. The molecule has 1 amide bonds. The molecule has 5 heteroatoms. The van der Waals surface area contributed by atoms with Gasteiger partial charge in [-0.25, -0.2) is 0 Å². The number of amides is 1. The first-order valence-corrected chi connectivity index (χ1v) is 7.90. The molecule has 0 bridgehead atoms. The van der Waals surface area contributed by atoms with Crippen molar-refractivity contribution in [2.24, 2.45) is 0 Å². The Morgan fingerprint density at radius 1 is 1.13 bits per heavy atom. The van der Waals surface area contributed by atoms with E-state index >= 15 is 0 Å². The largest absolute Gasteiger partial charge is 0.497 e. The van der Waals surface area contributed by atoms with Gasteiger partial charge in [-0.1, -0.05) is 35.9 Å². The van der Waals surface area contributed by atoms with Crippen LogP contribution in [0.25, 0.3) is 0 Å². The summed E-state index contributed by atoms with van der Waals surface area (Å²) in [5.74, 6) is 0.828. The molecule has 0 aliphatic rings. The maximum absolute atomic E-state index is 11.8. The average Bonchev–Trinajstić information content (AvgIpc) is 2.58. The number of hydrogen-bond donors (Lipinski definition) is 2. The predicted octanol–water partition coefficient (Wildman–Crippen LogP) is 2.80. The van der Waals surface area contributed by atoms with Crippen molar-refractivity contribution in [1.29, 1.82) is 0 Å². The lowest BCUT2D eigenvalue weighted by Crippen LogP contribution is -2.34. The topological polar surface area (TPSA) is 50.4 Å². The zero-order valence-corrected chi connectivity index (χ0v) is 13.9. The first-order chi connectivity index (χ1) is 11.2. The van der Waals surface area contributed by atoms with Crippen LogP contribution in [-0.4, -0.2) is 26.1 Å². The van der Waals surface area contributed by atoms with Crippen LogP contribution in [0.4, 0.5) is 0 Å². The minimum atomic E-state index is -0.0226. The van der Waals surface area contributed by atoms with E-state index in [9.17, 15) is 4.79 Å². The average molecular weight is 333 g/mol. The number of carbonyl (C=O) groups excluding carboxylic acids is 1. The van der Waals surface area contributed by atoms with Crippen LogP contribution in [0.2, 0.25) is 5.02 Å². The Labute approximate surface area is 141 Å². The van der Waals surface area contributed by atoms with E-state index in [1.54, 1.807) is 7.11 Å². The van der Waals surface area contributed by atoms with Crippen molar-refractivity contribution >= 4 is 17.5 Å². The second-order valence-electron chi connectivity index (χ2n) is 5.18. The fourth-order valence-electron chi connectivity index (χ4n) is 2.13. The van der Waals surface area contributed by atoms with E-state index in [4.69, 9.17) is 16.3 Å².